The summed E-state index contributed by atoms with van der Waals surface area (Å²) in [4.78, 5) is 13.9. The average Bonchev–Trinajstić information content (AvgIpc) is 2.82. The zero-order valence-electron chi connectivity index (χ0n) is 12.0. The van der Waals surface area contributed by atoms with Gasteiger partial charge in [-0.15, -0.1) is 0 Å². The van der Waals surface area contributed by atoms with E-state index in [0.717, 1.165) is 5.71 Å². The fourth-order valence-corrected chi connectivity index (χ4v) is 1.89. The first-order valence-electron chi connectivity index (χ1n) is 6.16. The van der Waals surface area contributed by atoms with Crippen LogP contribution in [-0.4, -0.2) is 35.6 Å². The summed E-state index contributed by atoms with van der Waals surface area (Å²) in [5, 5.41) is 5.70. The van der Waals surface area contributed by atoms with Crippen LogP contribution in [0.25, 0.3) is 0 Å². The molecule has 2 aliphatic rings. The molecule has 0 aromatic carbocycles. The molecule has 102 valence electrons. The number of likely N-dealkylation sites (N-methyl/N-ethyl adjacent to an activating group) is 1. The number of hydrogen-bond donors (Lipinski definition) is 0. The lowest BCUT2D eigenvalue weighted by atomic mass is 9.85. The van der Waals surface area contributed by atoms with Crippen molar-refractivity contribution < 1.29 is 9.53 Å². The number of rotatable bonds is 1. The van der Waals surface area contributed by atoms with Gasteiger partial charge in [0.05, 0.1) is 11.3 Å². The van der Waals surface area contributed by atoms with Gasteiger partial charge in [-0.3, -0.25) is 4.79 Å². The van der Waals surface area contributed by atoms with Crippen LogP contribution in [0.3, 0.4) is 0 Å². The highest BCUT2D eigenvalue weighted by molar-refractivity contribution is 6.26. The van der Waals surface area contributed by atoms with Crippen LogP contribution in [0, 0.1) is 5.41 Å². The number of hydrazone groups is 1. The van der Waals surface area contributed by atoms with E-state index in [0.29, 0.717) is 11.5 Å². The molecule has 2 aliphatic heterocycles. The monoisotopic (exact) mass is 261 g/mol. The van der Waals surface area contributed by atoms with Crippen molar-refractivity contribution >= 4 is 11.6 Å². The summed E-state index contributed by atoms with van der Waals surface area (Å²) in [6.07, 6.45) is 6.97. The molecule has 5 heteroatoms. The Balaban J connectivity index is 2.32. The lowest BCUT2D eigenvalue weighted by molar-refractivity contribution is -0.124. The molecule has 2 heterocycles. The largest absolute Gasteiger partial charge is 0.447 e. The van der Waals surface area contributed by atoms with Crippen molar-refractivity contribution in [1.29, 1.82) is 0 Å². The number of carbonyl (C=O) groups excluding carboxylic acids is 1. The lowest BCUT2D eigenvalue weighted by Crippen LogP contribution is -2.23. The van der Waals surface area contributed by atoms with E-state index in [1.165, 1.54) is 5.01 Å². The van der Waals surface area contributed by atoms with Crippen molar-refractivity contribution in [3.05, 3.63) is 36.1 Å². The second kappa shape index (κ2) is 4.57. The number of hydrogen-bond acceptors (Lipinski definition) is 4. The second-order valence-electron chi connectivity index (χ2n) is 5.63. The van der Waals surface area contributed by atoms with Crippen LogP contribution in [-0.2, 0) is 9.53 Å². The molecule has 2 rings (SSSR count). The van der Waals surface area contributed by atoms with E-state index in [9.17, 15) is 4.79 Å². The highest BCUT2D eigenvalue weighted by Gasteiger charge is 2.34. The van der Waals surface area contributed by atoms with Crippen molar-refractivity contribution in [3.63, 3.8) is 0 Å². The number of carbonyl (C=O) groups is 1. The quantitative estimate of drug-likeness (QED) is 0.679. The molecular weight excluding hydrogens is 242 g/mol. The van der Waals surface area contributed by atoms with Crippen molar-refractivity contribution in [2.45, 2.75) is 20.8 Å². The third-order valence-electron chi connectivity index (χ3n) is 2.95. The maximum Gasteiger partial charge on any atom is 0.275 e. The molecule has 0 unspecified atom stereocenters. The van der Waals surface area contributed by atoms with E-state index in [2.05, 4.69) is 5.10 Å². The Labute approximate surface area is 113 Å². The summed E-state index contributed by atoms with van der Waals surface area (Å²) in [7, 11) is 3.55. The third-order valence-corrected chi connectivity index (χ3v) is 2.95. The summed E-state index contributed by atoms with van der Waals surface area (Å²) in [6, 6.07) is 0. The van der Waals surface area contributed by atoms with Crippen LogP contribution in [0.5, 0.6) is 0 Å². The third kappa shape index (κ3) is 2.54. The molecule has 19 heavy (non-hydrogen) atoms. The Morgan fingerprint density at radius 3 is 2.47 bits per heavy atom. The molecule has 0 saturated heterocycles. The number of nitrogens with zero attached hydrogens (tertiary/aromatic N) is 3. The summed E-state index contributed by atoms with van der Waals surface area (Å²) >= 11 is 0. The normalized spacial score (nSPS) is 23.6. The average molecular weight is 261 g/mol. The summed E-state index contributed by atoms with van der Waals surface area (Å²) in [5.41, 5.74) is 1.24. The van der Waals surface area contributed by atoms with Crippen molar-refractivity contribution in [2.75, 3.05) is 14.1 Å². The zero-order valence-corrected chi connectivity index (χ0v) is 12.0. The number of amides is 1. The first-order chi connectivity index (χ1) is 8.80. The van der Waals surface area contributed by atoms with Gasteiger partial charge in [0.2, 0.25) is 0 Å². The molecule has 0 bridgehead atoms. The van der Waals surface area contributed by atoms with E-state index in [-0.39, 0.29) is 11.3 Å². The maximum atomic E-state index is 12.1. The van der Waals surface area contributed by atoms with Crippen LogP contribution in [0.1, 0.15) is 20.8 Å². The fraction of sp³-hybridized carbons (Fsp3) is 0.429. The Bertz CT molecular complexity index is 521. The number of allylic oxidation sites excluding steroid dienone is 2. The van der Waals surface area contributed by atoms with Crippen LogP contribution in [0.4, 0.5) is 0 Å². The minimum absolute atomic E-state index is 0.0876. The molecule has 0 fully saturated rings. The van der Waals surface area contributed by atoms with Gasteiger partial charge in [0.1, 0.15) is 6.26 Å². The van der Waals surface area contributed by atoms with E-state index >= 15 is 0 Å². The van der Waals surface area contributed by atoms with E-state index in [4.69, 9.17) is 4.74 Å². The molecule has 0 atom stereocenters. The summed E-state index contributed by atoms with van der Waals surface area (Å²) in [5.74, 6) is 0.596. The van der Waals surface area contributed by atoms with Crippen LogP contribution in [0.15, 0.2) is 41.2 Å². The van der Waals surface area contributed by atoms with Crippen LogP contribution in [0.2, 0.25) is 0 Å². The van der Waals surface area contributed by atoms with Crippen molar-refractivity contribution in [2.24, 2.45) is 10.5 Å². The Kier molecular flexibility index (Phi) is 3.22. The Morgan fingerprint density at radius 1 is 1.26 bits per heavy atom. The van der Waals surface area contributed by atoms with Gasteiger partial charge in [-0.1, -0.05) is 20.8 Å². The van der Waals surface area contributed by atoms with E-state index < -0.39 is 0 Å². The smallest absolute Gasteiger partial charge is 0.275 e. The Hall–Kier alpha value is -2.04. The van der Waals surface area contributed by atoms with Gasteiger partial charge >= 0.3 is 0 Å². The minimum atomic E-state index is -0.175. The molecule has 0 N–H and O–H groups in total. The van der Waals surface area contributed by atoms with Crippen molar-refractivity contribution in [1.82, 2.24) is 9.91 Å². The lowest BCUT2D eigenvalue weighted by Gasteiger charge is -2.17. The van der Waals surface area contributed by atoms with Gasteiger partial charge in [0.15, 0.2) is 5.88 Å². The van der Waals surface area contributed by atoms with Gasteiger partial charge in [-0.2, -0.15) is 5.10 Å². The number of ether oxygens (including phenoxy) is 1. The zero-order chi connectivity index (χ0) is 14.2. The van der Waals surface area contributed by atoms with Gasteiger partial charge in [0, 0.05) is 25.7 Å². The van der Waals surface area contributed by atoms with Crippen LogP contribution >= 0.6 is 0 Å². The molecule has 0 saturated carbocycles. The fourth-order valence-electron chi connectivity index (χ4n) is 1.89. The van der Waals surface area contributed by atoms with E-state index in [1.54, 1.807) is 25.5 Å². The summed E-state index contributed by atoms with van der Waals surface area (Å²) < 4.78 is 5.31. The molecule has 1 amide bonds. The molecule has 5 nitrogen and oxygen atoms in total. The second-order valence-corrected chi connectivity index (χ2v) is 5.63. The highest BCUT2D eigenvalue weighted by atomic mass is 16.5. The Morgan fingerprint density at radius 2 is 1.95 bits per heavy atom. The predicted molar refractivity (Wildman–Crippen MR) is 73.8 cm³/mol. The SMILES string of the molecule is CN1N=C(C(C)(C)C)/C(=C\C=C2\OC=CN2C)C1=O. The van der Waals surface area contributed by atoms with E-state index in [1.807, 2.05) is 38.9 Å². The van der Waals surface area contributed by atoms with Gasteiger partial charge in [-0.25, -0.2) is 5.01 Å². The molecule has 0 radical (unpaired) electrons. The van der Waals surface area contributed by atoms with Crippen molar-refractivity contribution in [3.8, 4) is 0 Å². The highest BCUT2D eigenvalue weighted by Crippen LogP contribution is 2.28. The van der Waals surface area contributed by atoms with Gasteiger partial charge in [0.25, 0.3) is 5.91 Å². The first kappa shape index (κ1) is 13.4. The predicted octanol–water partition coefficient (Wildman–Crippen LogP) is 2.06. The molecule has 0 spiro atoms. The molecule has 0 aromatic heterocycles. The first-order valence-corrected chi connectivity index (χ1v) is 6.16. The van der Waals surface area contributed by atoms with Crippen LogP contribution < -0.4 is 0 Å². The minimum Gasteiger partial charge on any atom is -0.447 e. The molecule has 0 aromatic rings. The standard InChI is InChI=1S/C14H19N3O2/c1-14(2,3)12-10(13(18)17(5)15-12)6-7-11-16(4)8-9-19-11/h6-9H,1-5H3/b10-6+,11-7+. The molecular formula is C14H19N3O2. The molecule has 0 aliphatic carbocycles. The van der Waals surface area contributed by atoms with Gasteiger partial charge < -0.3 is 9.64 Å². The maximum absolute atomic E-state index is 12.1. The topological polar surface area (TPSA) is 45.1 Å². The van der Waals surface area contributed by atoms with Gasteiger partial charge in [-0.05, 0) is 12.2 Å². The summed E-state index contributed by atoms with van der Waals surface area (Å²) in [6.45, 7) is 6.12.